The fourth-order valence-electron chi connectivity index (χ4n) is 4.97. The summed E-state index contributed by atoms with van der Waals surface area (Å²) < 4.78 is 12.7. The van der Waals surface area contributed by atoms with E-state index in [4.69, 9.17) is 9.47 Å². The minimum Gasteiger partial charge on any atom is -0.493 e. The van der Waals surface area contributed by atoms with E-state index in [9.17, 15) is 9.59 Å². The summed E-state index contributed by atoms with van der Waals surface area (Å²) in [7, 11) is 3.22. The second kappa shape index (κ2) is 8.65. The normalized spacial score (nSPS) is 20.7. The first-order valence-corrected chi connectivity index (χ1v) is 10.9. The van der Waals surface area contributed by atoms with Crippen molar-refractivity contribution in [3.63, 3.8) is 0 Å². The average molecular weight is 426 g/mol. The fraction of sp³-hybridized carbons (Fsp3) is 0.500. The van der Waals surface area contributed by atoms with Crippen molar-refractivity contribution in [3.05, 3.63) is 58.0 Å². The van der Waals surface area contributed by atoms with Gasteiger partial charge in [-0.3, -0.25) is 4.79 Å². The van der Waals surface area contributed by atoms with Crippen molar-refractivity contribution in [2.75, 3.05) is 27.3 Å². The zero-order valence-corrected chi connectivity index (χ0v) is 18.6. The van der Waals surface area contributed by atoms with Gasteiger partial charge < -0.3 is 24.3 Å². The van der Waals surface area contributed by atoms with Crippen molar-refractivity contribution < 1.29 is 14.3 Å². The van der Waals surface area contributed by atoms with E-state index in [1.165, 1.54) is 0 Å². The number of hydrogen-bond acceptors (Lipinski definition) is 4. The molecule has 2 bridgehead atoms. The Morgan fingerprint density at radius 2 is 1.84 bits per heavy atom. The SMILES string of the molecule is COc1ccc(C(NC(=O)N2CC3CC(C2)c2cccc(=O)n2C3)C(C)C)cc1OC. The minimum absolute atomic E-state index is 0.0541. The van der Waals surface area contributed by atoms with Crippen LogP contribution in [-0.2, 0) is 6.54 Å². The van der Waals surface area contributed by atoms with Crippen LogP contribution >= 0.6 is 0 Å². The number of fused-ring (bicyclic) bond motifs is 4. The standard InChI is InChI=1S/C24H31N3O4/c1-15(2)23(17-8-9-20(30-3)21(11-17)31-4)25-24(29)26-12-16-10-18(14-26)19-6-5-7-22(28)27(19)13-16/h5-9,11,15-16,18,23H,10,12-14H2,1-4H3,(H,25,29). The zero-order chi connectivity index (χ0) is 22.1. The van der Waals surface area contributed by atoms with Crippen molar-refractivity contribution >= 4 is 6.03 Å². The maximum atomic E-state index is 13.3. The predicted molar refractivity (Wildman–Crippen MR) is 119 cm³/mol. The van der Waals surface area contributed by atoms with Gasteiger partial charge in [0, 0.05) is 37.3 Å². The third-order valence-electron chi connectivity index (χ3n) is 6.48. The second-order valence-electron chi connectivity index (χ2n) is 8.89. The molecule has 0 saturated carbocycles. The van der Waals surface area contributed by atoms with Gasteiger partial charge >= 0.3 is 6.03 Å². The Kier molecular flexibility index (Phi) is 5.94. The quantitative estimate of drug-likeness (QED) is 0.797. The molecular weight excluding hydrogens is 394 g/mol. The summed E-state index contributed by atoms with van der Waals surface area (Å²) in [4.78, 5) is 27.4. The number of piperidine rings is 1. The van der Waals surface area contributed by atoms with E-state index in [1.807, 2.05) is 39.8 Å². The number of nitrogens with zero attached hydrogens (tertiary/aromatic N) is 2. The van der Waals surface area contributed by atoms with Gasteiger partial charge in [0.25, 0.3) is 5.56 Å². The highest BCUT2D eigenvalue weighted by molar-refractivity contribution is 5.75. The minimum atomic E-state index is -0.149. The smallest absolute Gasteiger partial charge is 0.317 e. The lowest BCUT2D eigenvalue weighted by Crippen LogP contribution is -2.52. The molecule has 2 aliphatic rings. The molecule has 4 rings (SSSR count). The van der Waals surface area contributed by atoms with Crippen LogP contribution in [0.15, 0.2) is 41.2 Å². The van der Waals surface area contributed by atoms with Crippen LogP contribution in [-0.4, -0.2) is 42.8 Å². The zero-order valence-electron chi connectivity index (χ0n) is 18.6. The number of amides is 2. The van der Waals surface area contributed by atoms with Crippen molar-refractivity contribution in [2.45, 2.75) is 38.8 Å². The molecule has 1 aromatic heterocycles. The van der Waals surface area contributed by atoms with Crippen LogP contribution in [0.1, 0.15) is 43.5 Å². The Balaban J connectivity index is 1.52. The van der Waals surface area contributed by atoms with Gasteiger partial charge in [-0.25, -0.2) is 4.79 Å². The number of urea groups is 1. The molecule has 1 fully saturated rings. The molecule has 31 heavy (non-hydrogen) atoms. The van der Waals surface area contributed by atoms with Crippen molar-refractivity contribution in [1.82, 2.24) is 14.8 Å². The Morgan fingerprint density at radius 3 is 2.55 bits per heavy atom. The molecule has 7 heteroatoms. The van der Waals surface area contributed by atoms with Crippen LogP contribution in [0.5, 0.6) is 11.5 Å². The van der Waals surface area contributed by atoms with E-state index < -0.39 is 0 Å². The molecule has 2 aromatic rings. The summed E-state index contributed by atoms with van der Waals surface area (Å²) in [5, 5.41) is 3.24. The highest BCUT2D eigenvalue weighted by Gasteiger charge is 2.37. The van der Waals surface area contributed by atoms with Crippen LogP contribution in [0.25, 0.3) is 0 Å². The van der Waals surface area contributed by atoms with E-state index in [-0.39, 0.29) is 29.5 Å². The molecule has 1 aromatic carbocycles. The molecule has 0 spiro atoms. The third kappa shape index (κ3) is 4.13. The lowest BCUT2D eigenvalue weighted by molar-refractivity contribution is 0.127. The van der Waals surface area contributed by atoms with Crippen LogP contribution in [0.2, 0.25) is 0 Å². The number of nitrogens with one attached hydrogen (secondary N) is 1. The van der Waals surface area contributed by atoms with Gasteiger partial charge in [-0.15, -0.1) is 0 Å². The monoisotopic (exact) mass is 425 g/mol. The largest absolute Gasteiger partial charge is 0.493 e. The number of methoxy groups -OCH3 is 2. The van der Waals surface area contributed by atoms with Gasteiger partial charge in [-0.2, -0.15) is 0 Å². The summed E-state index contributed by atoms with van der Waals surface area (Å²) in [5.74, 6) is 2.01. The molecule has 166 valence electrons. The second-order valence-corrected chi connectivity index (χ2v) is 8.89. The lowest BCUT2D eigenvalue weighted by Gasteiger charge is -2.43. The summed E-state index contributed by atoms with van der Waals surface area (Å²) in [6.45, 7) is 6.16. The van der Waals surface area contributed by atoms with Gasteiger partial charge in [-0.1, -0.05) is 26.0 Å². The first-order valence-electron chi connectivity index (χ1n) is 10.9. The molecule has 3 unspecified atom stereocenters. The first-order chi connectivity index (χ1) is 14.9. The molecule has 1 N–H and O–H groups in total. The number of rotatable bonds is 5. The van der Waals surface area contributed by atoms with Gasteiger partial charge in [0.15, 0.2) is 11.5 Å². The van der Waals surface area contributed by atoms with Gasteiger partial charge in [0.05, 0.1) is 20.3 Å². The van der Waals surface area contributed by atoms with Gasteiger partial charge in [0.2, 0.25) is 0 Å². The number of pyridine rings is 1. The summed E-state index contributed by atoms with van der Waals surface area (Å²) in [5.41, 5.74) is 2.08. The Bertz CT molecular complexity index is 1020. The number of carbonyl (C=O) groups excluding carboxylic acids is 1. The molecule has 0 radical (unpaired) electrons. The molecular formula is C24H31N3O4. The number of benzene rings is 1. The van der Waals surface area contributed by atoms with E-state index in [0.717, 1.165) is 17.7 Å². The maximum absolute atomic E-state index is 13.3. The maximum Gasteiger partial charge on any atom is 0.317 e. The van der Waals surface area contributed by atoms with E-state index in [0.29, 0.717) is 37.1 Å². The highest BCUT2D eigenvalue weighted by atomic mass is 16.5. The van der Waals surface area contributed by atoms with E-state index in [2.05, 4.69) is 19.2 Å². The first kappa shape index (κ1) is 21.3. The number of ether oxygens (including phenoxy) is 2. The molecule has 0 aliphatic carbocycles. The number of hydrogen-bond donors (Lipinski definition) is 1. The lowest BCUT2D eigenvalue weighted by atomic mass is 9.83. The Hall–Kier alpha value is -2.96. The molecule has 3 heterocycles. The predicted octanol–water partition coefficient (Wildman–Crippen LogP) is 3.39. The van der Waals surface area contributed by atoms with Crippen LogP contribution in [0.4, 0.5) is 4.79 Å². The number of aromatic nitrogens is 1. The summed E-state index contributed by atoms with van der Waals surface area (Å²) >= 11 is 0. The van der Waals surface area contributed by atoms with Crippen LogP contribution in [0.3, 0.4) is 0 Å². The van der Waals surface area contributed by atoms with Crippen molar-refractivity contribution in [2.24, 2.45) is 11.8 Å². The molecule has 3 atom stereocenters. The van der Waals surface area contributed by atoms with Gasteiger partial charge in [0.1, 0.15) is 0 Å². The van der Waals surface area contributed by atoms with Crippen LogP contribution in [0, 0.1) is 11.8 Å². The number of likely N-dealkylation sites (tertiary alicyclic amines) is 1. The van der Waals surface area contributed by atoms with Crippen LogP contribution < -0.4 is 20.3 Å². The van der Waals surface area contributed by atoms with Crippen molar-refractivity contribution in [3.8, 4) is 11.5 Å². The Morgan fingerprint density at radius 1 is 1.06 bits per heavy atom. The summed E-state index contributed by atoms with van der Waals surface area (Å²) in [6.07, 6.45) is 1.02. The third-order valence-corrected chi connectivity index (χ3v) is 6.48. The van der Waals surface area contributed by atoms with Crippen molar-refractivity contribution in [1.29, 1.82) is 0 Å². The topological polar surface area (TPSA) is 72.8 Å². The Labute approximate surface area is 183 Å². The van der Waals surface area contributed by atoms with E-state index in [1.54, 1.807) is 20.3 Å². The molecule has 2 amide bonds. The number of carbonyl (C=O) groups is 1. The molecule has 2 aliphatic heterocycles. The molecule has 1 saturated heterocycles. The fourth-order valence-corrected chi connectivity index (χ4v) is 4.97. The highest BCUT2D eigenvalue weighted by Crippen LogP contribution is 2.36. The summed E-state index contributed by atoms with van der Waals surface area (Å²) in [6, 6.07) is 11.0. The van der Waals surface area contributed by atoms with E-state index >= 15 is 0 Å². The average Bonchev–Trinajstić information content (AvgIpc) is 2.77. The molecule has 7 nitrogen and oxygen atoms in total. The van der Waals surface area contributed by atoms with Gasteiger partial charge in [-0.05, 0) is 42.0 Å².